The highest BCUT2D eigenvalue weighted by molar-refractivity contribution is 7.99. The largest absolute Gasteiger partial charge is 0.386 e. The molecule has 1 unspecified atom stereocenters. The van der Waals surface area contributed by atoms with Gasteiger partial charge >= 0.3 is 0 Å². The molecule has 0 radical (unpaired) electrons. The van der Waals surface area contributed by atoms with E-state index in [9.17, 15) is 5.11 Å². The third-order valence-corrected chi connectivity index (χ3v) is 3.85. The van der Waals surface area contributed by atoms with E-state index < -0.39 is 11.9 Å². The fourth-order valence-corrected chi connectivity index (χ4v) is 3.01. The van der Waals surface area contributed by atoms with E-state index in [1.165, 1.54) is 0 Å². The van der Waals surface area contributed by atoms with E-state index in [-0.39, 0.29) is 0 Å². The quantitative estimate of drug-likeness (QED) is 0.777. The molecule has 1 atom stereocenters. The van der Waals surface area contributed by atoms with E-state index in [1.807, 2.05) is 24.3 Å². The molecule has 15 heavy (non-hydrogen) atoms. The number of benzene rings is 1. The second kappa shape index (κ2) is 4.14. The van der Waals surface area contributed by atoms with Gasteiger partial charge in [-0.1, -0.05) is 18.2 Å². The summed E-state index contributed by atoms with van der Waals surface area (Å²) in [5.74, 6) is -0.430. The third-order valence-electron chi connectivity index (χ3n) is 2.70. The Morgan fingerprint density at radius 1 is 1.33 bits per heavy atom. The summed E-state index contributed by atoms with van der Waals surface area (Å²) in [7, 11) is 3.11. The molecule has 1 N–H and O–H groups in total. The molecule has 1 aromatic carbocycles. The number of thioether (sulfide) groups is 1. The maximum absolute atomic E-state index is 10.00. The summed E-state index contributed by atoms with van der Waals surface area (Å²) in [5.41, 5.74) is 0.902. The van der Waals surface area contributed by atoms with Crippen LogP contribution >= 0.6 is 11.8 Å². The van der Waals surface area contributed by atoms with Gasteiger partial charge in [-0.2, -0.15) is 0 Å². The average Bonchev–Trinajstić information content (AvgIpc) is 2.30. The summed E-state index contributed by atoms with van der Waals surface area (Å²) in [5, 5.41) is 10.00. The first-order chi connectivity index (χ1) is 7.24. The summed E-state index contributed by atoms with van der Waals surface area (Å²) in [4.78, 5) is 1.10. The Labute approximate surface area is 93.4 Å². The molecule has 0 aromatic heterocycles. The SMILES string of the molecule is COC1(OC)c2ccccc2SCC1O. The van der Waals surface area contributed by atoms with Crippen molar-refractivity contribution in [3.05, 3.63) is 29.8 Å². The van der Waals surface area contributed by atoms with Crippen LogP contribution in [0.2, 0.25) is 0 Å². The first kappa shape index (κ1) is 11.0. The van der Waals surface area contributed by atoms with Crippen LogP contribution in [0.1, 0.15) is 5.56 Å². The van der Waals surface area contributed by atoms with Crippen LogP contribution in [-0.2, 0) is 15.3 Å². The Morgan fingerprint density at radius 2 is 2.00 bits per heavy atom. The van der Waals surface area contributed by atoms with Gasteiger partial charge in [-0.15, -0.1) is 11.8 Å². The lowest BCUT2D eigenvalue weighted by Gasteiger charge is -2.39. The molecular formula is C11H14O3S. The van der Waals surface area contributed by atoms with Crippen molar-refractivity contribution in [3.8, 4) is 0 Å². The van der Waals surface area contributed by atoms with Crippen LogP contribution < -0.4 is 0 Å². The lowest BCUT2D eigenvalue weighted by Crippen LogP contribution is -2.47. The molecule has 4 heteroatoms. The van der Waals surface area contributed by atoms with Gasteiger partial charge in [0.1, 0.15) is 6.10 Å². The van der Waals surface area contributed by atoms with Gasteiger partial charge in [0, 0.05) is 30.4 Å². The molecular weight excluding hydrogens is 212 g/mol. The highest BCUT2D eigenvalue weighted by Gasteiger charge is 2.44. The molecule has 0 aliphatic carbocycles. The predicted octanol–water partition coefficient (Wildman–Crippen LogP) is 1.60. The van der Waals surface area contributed by atoms with Crippen LogP contribution in [0.4, 0.5) is 0 Å². The lowest BCUT2D eigenvalue weighted by atomic mass is 10.00. The molecule has 0 fully saturated rings. The maximum Gasteiger partial charge on any atom is 0.223 e. The van der Waals surface area contributed by atoms with E-state index in [0.717, 1.165) is 10.5 Å². The normalized spacial score (nSPS) is 23.5. The minimum absolute atomic E-state index is 0.582. The summed E-state index contributed by atoms with van der Waals surface area (Å²) >= 11 is 1.62. The van der Waals surface area contributed by atoms with Crippen molar-refractivity contribution < 1.29 is 14.6 Å². The first-order valence-corrected chi connectivity index (χ1v) is 5.74. The molecule has 1 aliphatic rings. The Kier molecular flexibility index (Phi) is 3.02. The average molecular weight is 226 g/mol. The van der Waals surface area contributed by atoms with Gasteiger partial charge in [0.25, 0.3) is 0 Å². The second-order valence-corrected chi connectivity index (χ2v) is 4.46. The van der Waals surface area contributed by atoms with Crippen molar-refractivity contribution in [2.45, 2.75) is 16.8 Å². The molecule has 0 bridgehead atoms. The van der Waals surface area contributed by atoms with E-state index in [0.29, 0.717) is 5.75 Å². The molecule has 0 saturated heterocycles. The number of aliphatic hydroxyl groups excluding tert-OH is 1. The van der Waals surface area contributed by atoms with Gasteiger partial charge in [-0.3, -0.25) is 0 Å². The zero-order valence-corrected chi connectivity index (χ0v) is 9.58. The van der Waals surface area contributed by atoms with Gasteiger partial charge in [0.05, 0.1) is 0 Å². The fourth-order valence-electron chi connectivity index (χ4n) is 1.91. The smallest absolute Gasteiger partial charge is 0.223 e. The Balaban J connectivity index is 2.54. The standard InChI is InChI=1S/C11H14O3S/c1-13-11(14-2)8-5-3-4-6-9(8)15-7-10(11)12/h3-6,10,12H,7H2,1-2H3. The van der Waals surface area contributed by atoms with Gasteiger partial charge in [0.2, 0.25) is 5.79 Å². The van der Waals surface area contributed by atoms with Crippen LogP contribution in [0.15, 0.2) is 29.2 Å². The third kappa shape index (κ3) is 1.58. The van der Waals surface area contributed by atoms with E-state index in [2.05, 4.69) is 0 Å². The number of aliphatic hydroxyl groups is 1. The topological polar surface area (TPSA) is 38.7 Å². The van der Waals surface area contributed by atoms with Gasteiger partial charge in [-0.25, -0.2) is 0 Å². The van der Waals surface area contributed by atoms with Gasteiger partial charge < -0.3 is 14.6 Å². The van der Waals surface area contributed by atoms with Crippen LogP contribution in [0.5, 0.6) is 0 Å². The predicted molar refractivity (Wildman–Crippen MR) is 58.9 cm³/mol. The molecule has 1 aliphatic heterocycles. The zero-order valence-electron chi connectivity index (χ0n) is 8.77. The second-order valence-electron chi connectivity index (χ2n) is 3.40. The zero-order chi connectivity index (χ0) is 10.9. The van der Waals surface area contributed by atoms with Crippen LogP contribution in [-0.4, -0.2) is 31.2 Å². The van der Waals surface area contributed by atoms with Crippen LogP contribution in [0.25, 0.3) is 0 Å². The number of fused-ring (bicyclic) bond motifs is 1. The van der Waals surface area contributed by atoms with Crippen molar-refractivity contribution in [3.63, 3.8) is 0 Å². The van der Waals surface area contributed by atoms with Gasteiger partial charge in [-0.05, 0) is 6.07 Å². The molecule has 3 nitrogen and oxygen atoms in total. The van der Waals surface area contributed by atoms with Crippen molar-refractivity contribution in [1.29, 1.82) is 0 Å². The molecule has 0 spiro atoms. The molecule has 0 saturated carbocycles. The fraction of sp³-hybridized carbons (Fsp3) is 0.455. The van der Waals surface area contributed by atoms with E-state index >= 15 is 0 Å². The molecule has 82 valence electrons. The van der Waals surface area contributed by atoms with E-state index in [1.54, 1.807) is 26.0 Å². The number of rotatable bonds is 2. The Morgan fingerprint density at radius 3 is 2.67 bits per heavy atom. The van der Waals surface area contributed by atoms with Crippen molar-refractivity contribution >= 4 is 11.8 Å². The first-order valence-electron chi connectivity index (χ1n) is 4.75. The molecule has 1 aromatic rings. The summed E-state index contributed by atoms with van der Waals surface area (Å²) in [6.07, 6.45) is -0.646. The minimum Gasteiger partial charge on any atom is -0.386 e. The van der Waals surface area contributed by atoms with Gasteiger partial charge in [0.15, 0.2) is 0 Å². The summed E-state index contributed by atoms with van der Waals surface area (Å²) in [6.45, 7) is 0. The lowest BCUT2D eigenvalue weighted by molar-refractivity contribution is -0.265. The minimum atomic E-state index is -1.01. The van der Waals surface area contributed by atoms with E-state index in [4.69, 9.17) is 9.47 Å². The Bertz CT molecular complexity index is 349. The number of hydrogen-bond donors (Lipinski definition) is 1. The number of hydrogen-bond acceptors (Lipinski definition) is 4. The van der Waals surface area contributed by atoms with Crippen LogP contribution in [0, 0.1) is 0 Å². The van der Waals surface area contributed by atoms with Crippen molar-refractivity contribution in [2.24, 2.45) is 0 Å². The number of methoxy groups -OCH3 is 2. The van der Waals surface area contributed by atoms with Crippen molar-refractivity contribution in [1.82, 2.24) is 0 Å². The van der Waals surface area contributed by atoms with Crippen molar-refractivity contribution in [2.75, 3.05) is 20.0 Å². The summed E-state index contributed by atoms with van der Waals surface area (Å²) < 4.78 is 10.8. The van der Waals surface area contributed by atoms with Crippen LogP contribution in [0.3, 0.4) is 0 Å². The number of ether oxygens (including phenoxy) is 2. The monoisotopic (exact) mass is 226 g/mol. The molecule has 0 amide bonds. The molecule has 2 rings (SSSR count). The highest BCUT2D eigenvalue weighted by atomic mass is 32.2. The highest BCUT2D eigenvalue weighted by Crippen LogP contribution is 2.42. The maximum atomic E-state index is 10.00. The Hall–Kier alpha value is -0.550. The summed E-state index contributed by atoms with van der Waals surface area (Å²) in [6, 6.07) is 7.83. The molecule has 1 heterocycles.